The molecule has 1 saturated heterocycles. The summed E-state index contributed by atoms with van der Waals surface area (Å²) in [6, 6.07) is 0.428. The van der Waals surface area contributed by atoms with Crippen LogP contribution >= 0.6 is 0 Å². The molecule has 82 valence electrons. The van der Waals surface area contributed by atoms with Crippen LogP contribution in [-0.4, -0.2) is 37.0 Å². The van der Waals surface area contributed by atoms with Crippen molar-refractivity contribution in [2.45, 2.75) is 39.2 Å². The van der Waals surface area contributed by atoms with Gasteiger partial charge in [-0.3, -0.25) is 4.79 Å². The molecule has 1 unspecified atom stereocenters. The van der Waals surface area contributed by atoms with Gasteiger partial charge >= 0.3 is 0 Å². The number of rotatable bonds is 4. The van der Waals surface area contributed by atoms with Crippen molar-refractivity contribution in [3.63, 3.8) is 0 Å². The number of carbonyl (C=O) groups excluding carboxylic acids is 1. The highest BCUT2D eigenvalue weighted by Gasteiger charge is 2.19. The van der Waals surface area contributed by atoms with Crippen LogP contribution in [0.5, 0.6) is 0 Å². The van der Waals surface area contributed by atoms with Gasteiger partial charge in [0.25, 0.3) is 0 Å². The molecule has 0 aromatic rings. The van der Waals surface area contributed by atoms with Gasteiger partial charge in [-0.2, -0.15) is 0 Å². The molecule has 3 heteroatoms. The predicted molar refractivity (Wildman–Crippen MR) is 58.1 cm³/mol. The maximum atomic E-state index is 11.7. The number of hydrogen-bond donors (Lipinski definition) is 1. The molecule has 0 aromatic carbocycles. The molecule has 1 rings (SSSR count). The summed E-state index contributed by atoms with van der Waals surface area (Å²) in [6.45, 7) is 6.21. The molecule has 0 radical (unpaired) electrons. The average Bonchev–Trinajstić information content (AvgIpc) is 2.55. The Labute approximate surface area is 86.9 Å². The number of carbonyl (C=O) groups is 1. The highest BCUT2D eigenvalue weighted by atomic mass is 16.2. The van der Waals surface area contributed by atoms with Crippen molar-refractivity contribution in [3.05, 3.63) is 0 Å². The zero-order chi connectivity index (χ0) is 10.6. The van der Waals surface area contributed by atoms with Crippen LogP contribution in [0.25, 0.3) is 0 Å². The minimum absolute atomic E-state index is 0.276. The van der Waals surface area contributed by atoms with Crippen molar-refractivity contribution in [1.82, 2.24) is 10.2 Å². The lowest BCUT2D eigenvalue weighted by molar-refractivity contribution is -0.130. The Kier molecular flexibility index (Phi) is 4.39. The third-order valence-electron chi connectivity index (χ3n) is 2.65. The van der Waals surface area contributed by atoms with E-state index in [1.807, 2.05) is 11.9 Å². The minimum atomic E-state index is 0.276. The van der Waals surface area contributed by atoms with E-state index in [9.17, 15) is 4.79 Å². The molecule has 1 amide bonds. The summed E-state index contributed by atoms with van der Waals surface area (Å²) in [5.41, 5.74) is 0. The number of hydrogen-bond acceptors (Lipinski definition) is 2. The lowest BCUT2D eigenvalue weighted by atomic mass is 10.1. The molecule has 1 heterocycles. The Morgan fingerprint density at radius 3 is 2.79 bits per heavy atom. The van der Waals surface area contributed by atoms with Gasteiger partial charge in [0.05, 0.1) is 0 Å². The van der Waals surface area contributed by atoms with E-state index in [1.54, 1.807) is 0 Å². The van der Waals surface area contributed by atoms with Gasteiger partial charge < -0.3 is 10.2 Å². The molecule has 1 N–H and O–H groups in total. The van der Waals surface area contributed by atoms with E-state index in [1.165, 1.54) is 6.42 Å². The van der Waals surface area contributed by atoms with Gasteiger partial charge in [0, 0.05) is 26.1 Å². The maximum Gasteiger partial charge on any atom is 0.223 e. The second-order valence-corrected chi connectivity index (χ2v) is 4.67. The van der Waals surface area contributed by atoms with Gasteiger partial charge in [-0.05, 0) is 25.3 Å². The van der Waals surface area contributed by atoms with Crippen molar-refractivity contribution >= 4 is 5.91 Å². The first-order valence-electron chi connectivity index (χ1n) is 5.57. The second-order valence-electron chi connectivity index (χ2n) is 4.67. The van der Waals surface area contributed by atoms with Crippen LogP contribution in [0.1, 0.15) is 33.1 Å². The fourth-order valence-corrected chi connectivity index (χ4v) is 1.95. The largest absolute Gasteiger partial charge is 0.345 e. The monoisotopic (exact) mass is 198 g/mol. The van der Waals surface area contributed by atoms with Gasteiger partial charge in [-0.25, -0.2) is 0 Å². The molecule has 1 atom stereocenters. The molecule has 0 aromatic heterocycles. The molecule has 3 nitrogen and oxygen atoms in total. The lowest BCUT2D eigenvalue weighted by Crippen LogP contribution is -2.35. The summed E-state index contributed by atoms with van der Waals surface area (Å²) >= 11 is 0. The van der Waals surface area contributed by atoms with Crippen molar-refractivity contribution in [3.8, 4) is 0 Å². The molecule has 1 aliphatic heterocycles. The summed E-state index contributed by atoms with van der Waals surface area (Å²) in [5.74, 6) is 0.832. The number of nitrogens with zero attached hydrogens (tertiary/aromatic N) is 1. The van der Waals surface area contributed by atoms with Gasteiger partial charge in [0.15, 0.2) is 0 Å². The maximum absolute atomic E-state index is 11.7. The van der Waals surface area contributed by atoms with Crippen molar-refractivity contribution in [2.75, 3.05) is 20.1 Å². The number of nitrogens with one attached hydrogen (secondary N) is 1. The topological polar surface area (TPSA) is 32.3 Å². The van der Waals surface area contributed by atoms with Gasteiger partial charge in [-0.15, -0.1) is 0 Å². The first kappa shape index (κ1) is 11.5. The van der Waals surface area contributed by atoms with Crippen molar-refractivity contribution < 1.29 is 4.79 Å². The molecule has 0 bridgehead atoms. The zero-order valence-electron chi connectivity index (χ0n) is 9.55. The second kappa shape index (κ2) is 5.35. The molecule has 0 aliphatic carbocycles. The van der Waals surface area contributed by atoms with Crippen LogP contribution in [0.2, 0.25) is 0 Å². The summed E-state index contributed by atoms with van der Waals surface area (Å²) in [5, 5.41) is 3.35. The highest BCUT2D eigenvalue weighted by molar-refractivity contribution is 5.76. The first-order chi connectivity index (χ1) is 6.59. The van der Waals surface area contributed by atoms with Crippen LogP contribution < -0.4 is 5.32 Å². The normalized spacial score (nSPS) is 21.6. The number of amides is 1. The third-order valence-corrected chi connectivity index (χ3v) is 2.65. The van der Waals surface area contributed by atoms with Crippen LogP contribution in [0.15, 0.2) is 0 Å². The Morgan fingerprint density at radius 1 is 1.57 bits per heavy atom. The average molecular weight is 198 g/mol. The minimum Gasteiger partial charge on any atom is -0.345 e. The Bertz CT molecular complexity index is 186. The molecule has 1 fully saturated rings. The van der Waals surface area contributed by atoms with E-state index in [4.69, 9.17) is 0 Å². The van der Waals surface area contributed by atoms with E-state index in [-0.39, 0.29) is 5.91 Å². The molecule has 1 aliphatic rings. The van der Waals surface area contributed by atoms with Crippen LogP contribution in [0.4, 0.5) is 0 Å². The van der Waals surface area contributed by atoms with Gasteiger partial charge in [-0.1, -0.05) is 13.8 Å². The summed E-state index contributed by atoms with van der Waals surface area (Å²) in [4.78, 5) is 13.6. The standard InChI is InChI=1S/C11H22N2O/c1-9(2)8-13(3)11(14)7-10-5-4-6-12-10/h9-10,12H,4-8H2,1-3H3. The van der Waals surface area contributed by atoms with Gasteiger partial charge in [0.1, 0.15) is 0 Å². The fourth-order valence-electron chi connectivity index (χ4n) is 1.95. The van der Waals surface area contributed by atoms with E-state index >= 15 is 0 Å². The smallest absolute Gasteiger partial charge is 0.223 e. The Balaban J connectivity index is 2.25. The molecular formula is C11H22N2O. The first-order valence-corrected chi connectivity index (χ1v) is 5.57. The van der Waals surface area contributed by atoms with Crippen LogP contribution in [0, 0.1) is 5.92 Å². The molecular weight excluding hydrogens is 176 g/mol. The van der Waals surface area contributed by atoms with E-state index in [0.717, 1.165) is 19.5 Å². The van der Waals surface area contributed by atoms with E-state index < -0.39 is 0 Å². The molecule has 14 heavy (non-hydrogen) atoms. The fraction of sp³-hybridized carbons (Fsp3) is 0.909. The quantitative estimate of drug-likeness (QED) is 0.737. The lowest BCUT2D eigenvalue weighted by Gasteiger charge is -2.21. The van der Waals surface area contributed by atoms with E-state index in [0.29, 0.717) is 18.4 Å². The predicted octanol–water partition coefficient (Wildman–Crippen LogP) is 1.24. The summed E-state index contributed by atoms with van der Waals surface area (Å²) in [7, 11) is 1.90. The Morgan fingerprint density at radius 2 is 2.29 bits per heavy atom. The summed E-state index contributed by atoms with van der Waals surface area (Å²) < 4.78 is 0. The van der Waals surface area contributed by atoms with Crippen molar-refractivity contribution in [1.29, 1.82) is 0 Å². The molecule has 0 spiro atoms. The molecule has 0 saturated carbocycles. The Hall–Kier alpha value is -0.570. The van der Waals surface area contributed by atoms with E-state index in [2.05, 4.69) is 19.2 Å². The summed E-state index contributed by atoms with van der Waals surface area (Å²) in [6.07, 6.45) is 3.04. The van der Waals surface area contributed by atoms with Crippen molar-refractivity contribution in [2.24, 2.45) is 5.92 Å². The highest BCUT2D eigenvalue weighted by Crippen LogP contribution is 2.10. The van der Waals surface area contributed by atoms with Crippen LogP contribution in [0.3, 0.4) is 0 Å². The van der Waals surface area contributed by atoms with Crippen LogP contribution in [-0.2, 0) is 4.79 Å². The SMILES string of the molecule is CC(C)CN(C)C(=O)CC1CCCN1. The van der Waals surface area contributed by atoms with Gasteiger partial charge in [0.2, 0.25) is 5.91 Å². The third kappa shape index (κ3) is 3.66. The zero-order valence-corrected chi connectivity index (χ0v) is 9.55.